The van der Waals surface area contributed by atoms with Crippen LogP contribution in [0.1, 0.15) is 28.9 Å². The molecule has 1 saturated heterocycles. The van der Waals surface area contributed by atoms with Gasteiger partial charge in [0.25, 0.3) is 0 Å². The van der Waals surface area contributed by atoms with E-state index in [1.54, 1.807) is 18.6 Å². The fourth-order valence-electron chi connectivity index (χ4n) is 3.16. The molecule has 0 aliphatic carbocycles. The molecule has 3 aromatic heterocycles. The molecule has 0 radical (unpaired) electrons. The number of anilines is 2. The van der Waals surface area contributed by atoms with Crippen LogP contribution in [-0.2, 0) is 0 Å². The van der Waals surface area contributed by atoms with Crippen LogP contribution in [0, 0.1) is 13.8 Å². The van der Waals surface area contributed by atoms with Gasteiger partial charge in [-0.1, -0.05) is 0 Å². The molecule has 0 bridgehead atoms. The number of hydrogen-bond donors (Lipinski definition) is 2. The first-order chi connectivity index (χ1) is 13.1. The van der Waals surface area contributed by atoms with Crippen molar-refractivity contribution >= 4 is 24.3 Å². The number of rotatable bonds is 5. The molecule has 1 unspecified atom stereocenters. The maximum absolute atomic E-state index is 4.87. The van der Waals surface area contributed by atoms with Gasteiger partial charge >= 0.3 is 0 Å². The maximum atomic E-state index is 4.87. The minimum Gasteiger partial charge on any atom is -0.324 e. The van der Waals surface area contributed by atoms with Crippen LogP contribution in [-0.4, -0.2) is 37.9 Å². The lowest BCUT2D eigenvalue weighted by Crippen LogP contribution is -2.38. The molecule has 138 valence electrons. The van der Waals surface area contributed by atoms with Crippen LogP contribution in [0.15, 0.2) is 42.9 Å². The molecular weight excluding hydrogens is 356 g/mol. The Morgan fingerprint density at radius 2 is 1.85 bits per heavy atom. The van der Waals surface area contributed by atoms with Gasteiger partial charge < -0.3 is 5.32 Å². The van der Waals surface area contributed by atoms with E-state index < -0.39 is 0 Å². The average molecular weight is 379 g/mol. The lowest BCUT2D eigenvalue weighted by atomic mass is 10.0. The highest BCUT2D eigenvalue weighted by atomic mass is 32.1. The maximum Gasteiger partial charge on any atom is 0.139 e. The highest BCUT2D eigenvalue weighted by Crippen LogP contribution is 2.36. The quantitative estimate of drug-likeness (QED) is 0.656. The first kappa shape index (κ1) is 17.9. The number of likely N-dealkylation sites (tertiary alicyclic amines) is 1. The summed E-state index contributed by atoms with van der Waals surface area (Å²) >= 11 is 4.85. The first-order valence-corrected chi connectivity index (χ1v) is 9.54. The molecule has 6 nitrogen and oxygen atoms in total. The van der Waals surface area contributed by atoms with Crippen LogP contribution >= 0.6 is 12.6 Å². The number of aryl methyl sites for hydroxylation is 2. The molecule has 0 aromatic carbocycles. The summed E-state index contributed by atoms with van der Waals surface area (Å²) in [7, 11) is 0. The van der Waals surface area contributed by atoms with Crippen molar-refractivity contribution in [2.75, 3.05) is 18.4 Å². The van der Waals surface area contributed by atoms with Crippen molar-refractivity contribution in [3.05, 3.63) is 59.9 Å². The second kappa shape index (κ2) is 7.62. The molecule has 1 aliphatic rings. The number of nitrogens with zero attached hydrogens (tertiary/aromatic N) is 5. The SMILES string of the molecule is Cc1nccc(Nc2nc(C)c(C(S)N3CCC3)cc2-c2ccncc2)n1. The van der Waals surface area contributed by atoms with E-state index in [0.717, 1.165) is 47.1 Å². The molecule has 0 amide bonds. The van der Waals surface area contributed by atoms with E-state index in [4.69, 9.17) is 17.6 Å². The molecule has 1 atom stereocenters. The zero-order valence-electron chi connectivity index (χ0n) is 15.4. The van der Waals surface area contributed by atoms with Crippen molar-refractivity contribution in [1.82, 2.24) is 24.8 Å². The van der Waals surface area contributed by atoms with Crippen LogP contribution in [0.3, 0.4) is 0 Å². The number of thiol groups is 1. The van der Waals surface area contributed by atoms with Crippen molar-refractivity contribution in [3.63, 3.8) is 0 Å². The minimum absolute atomic E-state index is 0.0576. The summed E-state index contributed by atoms with van der Waals surface area (Å²) < 4.78 is 0. The molecule has 1 N–H and O–H groups in total. The molecule has 1 fully saturated rings. The van der Waals surface area contributed by atoms with E-state index >= 15 is 0 Å². The van der Waals surface area contributed by atoms with Crippen LogP contribution in [0.5, 0.6) is 0 Å². The number of aromatic nitrogens is 4. The average Bonchev–Trinajstić information content (AvgIpc) is 2.61. The van der Waals surface area contributed by atoms with Crippen molar-refractivity contribution < 1.29 is 0 Å². The second-order valence-electron chi connectivity index (χ2n) is 6.67. The Bertz CT molecular complexity index is 942. The molecule has 27 heavy (non-hydrogen) atoms. The molecule has 4 heterocycles. The summed E-state index contributed by atoms with van der Waals surface area (Å²) in [6.45, 7) is 6.07. The van der Waals surface area contributed by atoms with E-state index in [0.29, 0.717) is 5.82 Å². The van der Waals surface area contributed by atoms with Gasteiger partial charge in [0.2, 0.25) is 0 Å². The highest BCUT2D eigenvalue weighted by molar-refractivity contribution is 7.80. The van der Waals surface area contributed by atoms with Crippen LogP contribution in [0.2, 0.25) is 0 Å². The van der Waals surface area contributed by atoms with Gasteiger partial charge in [-0.2, -0.15) is 12.6 Å². The summed E-state index contributed by atoms with van der Waals surface area (Å²) in [4.78, 5) is 20.0. The van der Waals surface area contributed by atoms with Gasteiger partial charge in [-0.05, 0) is 50.1 Å². The van der Waals surface area contributed by atoms with Crippen LogP contribution in [0.25, 0.3) is 11.1 Å². The lowest BCUT2D eigenvalue weighted by molar-refractivity contribution is 0.167. The normalized spacial score (nSPS) is 15.2. The summed E-state index contributed by atoms with van der Waals surface area (Å²) in [5, 5.41) is 3.41. The lowest BCUT2D eigenvalue weighted by Gasteiger charge is -2.36. The fraction of sp³-hybridized carbons (Fsp3) is 0.300. The highest BCUT2D eigenvalue weighted by Gasteiger charge is 2.25. The van der Waals surface area contributed by atoms with Crippen molar-refractivity contribution in [3.8, 4) is 11.1 Å². The number of nitrogens with one attached hydrogen (secondary N) is 1. The summed E-state index contributed by atoms with van der Waals surface area (Å²) in [5.74, 6) is 2.21. The van der Waals surface area contributed by atoms with Crippen molar-refractivity contribution in [2.24, 2.45) is 0 Å². The van der Waals surface area contributed by atoms with Gasteiger partial charge in [-0.15, -0.1) is 0 Å². The predicted molar refractivity (Wildman–Crippen MR) is 110 cm³/mol. The minimum atomic E-state index is 0.0576. The topological polar surface area (TPSA) is 66.8 Å². The monoisotopic (exact) mass is 378 g/mol. The van der Waals surface area contributed by atoms with Gasteiger partial charge in [0.1, 0.15) is 17.5 Å². The molecule has 1 aliphatic heterocycles. The third kappa shape index (κ3) is 3.79. The third-order valence-electron chi connectivity index (χ3n) is 4.78. The first-order valence-electron chi connectivity index (χ1n) is 9.02. The summed E-state index contributed by atoms with van der Waals surface area (Å²) in [5.41, 5.74) is 4.16. The number of hydrogen-bond acceptors (Lipinski definition) is 7. The Hall–Kier alpha value is -2.51. The van der Waals surface area contributed by atoms with E-state index in [1.165, 1.54) is 6.42 Å². The second-order valence-corrected chi connectivity index (χ2v) is 7.16. The van der Waals surface area contributed by atoms with Crippen molar-refractivity contribution in [1.29, 1.82) is 0 Å². The van der Waals surface area contributed by atoms with Gasteiger partial charge in [-0.25, -0.2) is 15.0 Å². The standard InChI is InChI=1S/C20H22N6S/c1-13-16(20(27)26-10-3-11-26)12-17(15-4-7-21-8-5-15)19(23-13)25-18-6-9-22-14(2)24-18/h4-9,12,20,27H,3,10-11H2,1-2H3,(H,22,23,24,25). The number of pyridine rings is 2. The molecule has 0 spiro atoms. The molecule has 7 heteroatoms. The zero-order valence-corrected chi connectivity index (χ0v) is 16.3. The fourth-order valence-corrected chi connectivity index (χ4v) is 3.65. The Kier molecular flexibility index (Phi) is 5.05. The van der Waals surface area contributed by atoms with E-state index in [9.17, 15) is 0 Å². The largest absolute Gasteiger partial charge is 0.324 e. The van der Waals surface area contributed by atoms with E-state index in [-0.39, 0.29) is 5.37 Å². The predicted octanol–water partition coefficient (Wildman–Crippen LogP) is 3.93. The molecule has 0 saturated carbocycles. The zero-order chi connectivity index (χ0) is 18.8. The summed E-state index contributed by atoms with van der Waals surface area (Å²) in [6.07, 6.45) is 6.56. The smallest absolute Gasteiger partial charge is 0.139 e. The molecule has 3 aromatic rings. The summed E-state index contributed by atoms with van der Waals surface area (Å²) in [6, 6.07) is 8.01. The Morgan fingerprint density at radius 3 is 2.52 bits per heavy atom. The van der Waals surface area contributed by atoms with Crippen LogP contribution in [0.4, 0.5) is 11.6 Å². The Labute approximate surface area is 164 Å². The molecule has 4 rings (SSSR count). The van der Waals surface area contributed by atoms with Gasteiger partial charge in [0, 0.05) is 48.5 Å². The van der Waals surface area contributed by atoms with Gasteiger partial charge in [0.05, 0.1) is 5.37 Å². The molecular formula is C20H22N6S. The Morgan fingerprint density at radius 1 is 1.07 bits per heavy atom. The van der Waals surface area contributed by atoms with E-state index in [2.05, 4.69) is 31.2 Å². The van der Waals surface area contributed by atoms with Gasteiger partial charge in [0.15, 0.2) is 0 Å². The van der Waals surface area contributed by atoms with Crippen molar-refractivity contribution in [2.45, 2.75) is 25.6 Å². The van der Waals surface area contributed by atoms with Gasteiger partial charge in [-0.3, -0.25) is 9.88 Å². The van der Waals surface area contributed by atoms with E-state index in [1.807, 2.05) is 32.0 Å². The van der Waals surface area contributed by atoms with Crippen LogP contribution < -0.4 is 5.32 Å². The Balaban J connectivity index is 1.78. The third-order valence-corrected chi connectivity index (χ3v) is 5.39.